The summed E-state index contributed by atoms with van der Waals surface area (Å²) in [6.45, 7) is 9.06. The first kappa shape index (κ1) is 24.9. The number of aromatic nitrogens is 1. The molecule has 0 atom stereocenters. The van der Waals surface area contributed by atoms with Gasteiger partial charge in [0.1, 0.15) is 0 Å². The molecule has 6 nitrogen and oxygen atoms in total. The van der Waals surface area contributed by atoms with Crippen LogP contribution in [0, 0.1) is 0 Å². The number of guanidine groups is 1. The van der Waals surface area contributed by atoms with Gasteiger partial charge in [-0.25, -0.2) is 0 Å². The van der Waals surface area contributed by atoms with E-state index in [9.17, 15) is 4.79 Å². The first-order valence-corrected chi connectivity index (χ1v) is 9.53. The molecule has 7 heteroatoms. The Morgan fingerprint density at radius 3 is 2.65 bits per heavy atom. The van der Waals surface area contributed by atoms with Crippen molar-refractivity contribution in [2.45, 2.75) is 52.5 Å². The topological polar surface area (TPSA) is 67.7 Å². The number of hydrogen-bond acceptors (Lipinski definition) is 3. The summed E-state index contributed by atoms with van der Waals surface area (Å²) in [6, 6.07) is 5.26. The quantitative estimate of drug-likeness (QED) is 0.198. The van der Waals surface area contributed by atoms with Crippen molar-refractivity contribution in [2.75, 3.05) is 32.8 Å². The zero-order valence-electron chi connectivity index (χ0n) is 16.2. The molecular formula is C19H35IN4O2. The SMILES string of the molecule is CCCCOCCCN=C(NCC)NCCCCn1ccccc1=O.I. The third-order valence-electron chi connectivity index (χ3n) is 3.72. The molecule has 1 aromatic rings. The monoisotopic (exact) mass is 478 g/mol. The van der Waals surface area contributed by atoms with Crippen LogP contribution in [0.5, 0.6) is 0 Å². The fourth-order valence-electron chi connectivity index (χ4n) is 2.31. The molecule has 1 heterocycles. The van der Waals surface area contributed by atoms with Gasteiger partial charge < -0.3 is 19.9 Å². The number of rotatable bonds is 13. The van der Waals surface area contributed by atoms with E-state index in [0.717, 1.165) is 71.0 Å². The number of aryl methyl sites for hydroxylation is 1. The van der Waals surface area contributed by atoms with Crippen molar-refractivity contribution in [3.05, 3.63) is 34.7 Å². The van der Waals surface area contributed by atoms with Gasteiger partial charge in [-0.3, -0.25) is 9.79 Å². The Labute approximate surface area is 174 Å². The van der Waals surface area contributed by atoms with Gasteiger partial charge in [-0.2, -0.15) is 0 Å². The lowest BCUT2D eigenvalue weighted by molar-refractivity contribution is 0.130. The third-order valence-corrected chi connectivity index (χ3v) is 3.72. The second-order valence-corrected chi connectivity index (χ2v) is 5.95. The highest BCUT2D eigenvalue weighted by Gasteiger charge is 1.98. The van der Waals surface area contributed by atoms with E-state index in [1.807, 2.05) is 12.3 Å². The van der Waals surface area contributed by atoms with E-state index in [1.165, 1.54) is 6.42 Å². The van der Waals surface area contributed by atoms with Crippen molar-refractivity contribution < 1.29 is 4.74 Å². The number of hydrogen-bond donors (Lipinski definition) is 2. The van der Waals surface area contributed by atoms with Crippen LogP contribution >= 0.6 is 24.0 Å². The van der Waals surface area contributed by atoms with Crippen LogP contribution < -0.4 is 16.2 Å². The molecule has 0 aliphatic heterocycles. The first-order chi connectivity index (χ1) is 12.3. The molecule has 0 unspecified atom stereocenters. The maximum absolute atomic E-state index is 11.6. The molecule has 1 rings (SSSR count). The van der Waals surface area contributed by atoms with Gasteiger partial charge in [0, 0.05) is 51.7 Å². The van der Waals surface area contributed by atoms with E-state index in [0.29, 0.717) is 0 Å². The number of pyridine rings is 1. The van der Waals surface area contributed by atoms with Gasteiger partial charge in [0.05, 0.1) is 0 Å². The summed E-state index contributed by atoms with van der Waals surface area (Å²) in [5.41, 5.74) is 0.0616. The van der Waals surface area contributed by atoms with E-state index in [-0.39, 0.29) is 29.5 Å². The third kappa shape index (κ3) is 12.3. The number of ether oxygens (including phenoxy) is 1. The van der Waals surface area contributed by atoms with Gasteiger partial charge in [-0.15, -0.1) is 24.0 Å². The van der Waals surface area contributed by atoms with Gasteiger partial charge in [0.25, 0.3) is 0 Å². The minimum atomic E-state index is 0. The summed E-state index contributed by atoms with van der Waals surface area (Å²) < 4.78 is 7.29. The number of unbranched alkanes of at least 4 members (excludes halogenated alkanes) is 2. The lowest BCUT2D eigenvalue weighted by Crippen LogP contribution is -2.38. The Kier molecular flexibility index (Phi) is 16.6. The van der Waals surface area contributed by atoms with Crippen LogP contribution in [-0.4, -0.2) is 43.4 Å². The van der Waals surface area contributed by atoms with E-state index in [4.69, 9.17) is 4.74 Å². The van der Waals surface area contributed by atoms with Crippen LogP contribution in [-0.2, 0) is 11.3 Å². The molecule has 1 aromatic heterocycles. The standard InChI is InChI=1S/C19H34N4O2.HI/c1-3-5-16-25-17-10-13-22-19(20-4-2)21-12-7-9-15-23-14-8-6-11-18(23)24;/h6,8,11,14H,3-5,7,9-10,12-13,15-17H2,1-2H3,(H2,20,21,22);1H. The van der Waals surface area contributed by atoms with Crippen LogP contribution in [0.1, 0.15) is 46.0 Å². The highest BCUT2D eigenvalue weighted by atomic mass is 127. The van der Waals surface area contributed by atoms with Crippen molar-refractivity contribution in [3.8, 4) is 0 Å². The number of aliphatic imine (C=N–C) groups is 1. The van der Waals surface area contributed by atoms with Gasteiger partial charge in [-0.05, 0) is 38.7 Å². The molecule has 0 amide bonds. The molecule has 0 saturated heterocycles. The molecule has 0 aliphatic rings. The van der Waals surface area contributed by atoms with E-state index >= 15 is 0 Å². The van der Waals surface area contributed by atoms with E-state index in [2.05, 4.69) is 29.5 Å². The Bertz CT molecular complexity index is 534. The van der Waals surface area contributed by atoms with Crippen molar-refractivity contribution >= 4 is 29.9 Å². The van der Waals surface area contributed by atoms with Crippen LogP contribution in [0.3, 0.4) is 0 Å². The van der Waals surface area contributed by atoms with Crippen molar-refractivity contribution in [2.24, 2.45) is 4.99 Å². The van der Waals surface area contributed by atoms with Crippen molar-refractivity contribution in [1.82, 2.24) is 15.2 Å². The zero-order valence-corrected chi connectivity index (χ0v) is 18.5. The fourth-order valence-corrected chi connectivity index (χ4v) is 2.31. The predicted molar refractivity (Wildman–Crippen MR) is 120 cm³/mol. The molecule has 0 aromatic carbocycles. The normalized spacial score (nSPS) is 11.1. The largest absolute Gasteiger partial charge is 0.381 e. The number of halogens is 1. The lowest BCUT2D eigenvalue weighted by atomic mass is 10.3. The van der Waals surface area contributed by atoms with E-state index in [1.54, 1.807) is 16.7 Å². The first-order valence-electron chi connectivity index (χ1n) is 9.53. The van der Waals surface area contributed by atoms with Gasteiger partial charge >= 0.3 is 0 Å². The highest BCUT2D eigenvalue weighted by Crippen LogP contribution is 1.93. The van der Waals surface area contributed by atoms with Gasteiger partial charge in [-0.1, -0.05) is 19.4 Å². The Hall–Kier alpha value is -1.09. The van der Waals surface area contributed by atoms with Gasteiger partial charge in [0.2, 0.25) is 5.56 Å². The van der Waals surface area contributed by atoms with Crippen LogP contribution in [0.15, 0.2) is 34.2 Å². The van der Waals surface area contributed by atoms with Crippen molar-refractivity contribution in [3.63, 3.8) is 0 Å². The number of nitrogens with one attached hydrogen (secondary N) is 2. The molecule has 0 bridgehead atoms. The summed E-state index contributed by atoms with van der Waals surface area (Å²) in [4.78, 5) is 16.2. The predicted octanol–water partition coefficient (Wildman–Crippen LogP) is 3.01. The molecular weight excluding hydrogens is 443 g/mol. The molecule has 0 aliphatic carbocycles. The lowest BCUT2D eigenvalue weighted by Gasteiger charge is -2.11. The fraction of sp³-hybridized carbons (Fsp3) is 0.684. The highest BCUT2D eigenvalue weighted by molar-refractivity contribution is 14.0. The average molecular weight is 478 g/mol. The zero-order chi connectivity index (χ0) is 18.2. The molecule has 0 radical (unpaired) electrons. The van der Waals surface area contributed by atoms with Gasteiger partial charge in [0.15, 0.2) is 5.96 Å². The summed E-state index contributed by atoms with van der Waals surface area (Å²) in [5, 5.41) is 6.60. The summed E-state index contributed by atoms with van der Waals surface area (Å²) in [6.07, 6.45) is 7.03. The van der Waals surface area contributed by atoms with Crippen molar-refractivity contribution in [1.29, 1.82) is 0 Å². The molecule has 0 spiro atoms. The van der Waals surface area contributed by atoms with E-state index < -0.39 is 0 Å². The van der Waals surface area contributed by atoms with Crippen LogP contribution in [0.4, 0.5) is 0 Å². The molecule has 2 N–H and O–H groups in total. The summed E-state index contributed by atoms with van der Waals surface area (Å²) in [7, 11) is 0. The molecule has 0 fully saturated rings. The minimum absolute atomic E-state index is 0. The maximum atomic E-state index is 11.6. The molecule has 26 heavy (non-hydrogen) atoms. The second kappa shape index (κ2) is 17.3. The Morgan fingerprint density at radius 2 is 1.92 bits per heavy atom. The Balaban J connectivity index is 0.00000625. The average Bonchev–Trinajstić information content (AvgIpc) is 2.62. The summed E-state index contributed by atoms with van der Waals surface area (Å²) in [5.74, 6) is 0.855. The Morgan fingerprint density at radius 1 is 1.12 bits per heavy atom. The smallest absolute Gasteiger partial charge is 0.250 e. The number of nitrogens with zero attached hydrogens (tertiary/aromatic N) is 2. The molecule has 150 valence electrons. The van der Waals surface area contributed by atoms with Crippen LogP contribution in [0.2, 0.25) is 0 Å². The molecule has 0 saturated carbocycles. The van der Waals surface area contributed by atoms with Crippen LogP contribution in [0.25, 0.3) is 0 Å². The summed E-state index contributed by atoms with van der Waals surface area (Å²) >= 11 is 0. The minimum Gasteiger partial charge on any atom is -0.381 e. The maximum Gasteiger partial charge on any atom is 0.250 e. The second-order valence-electron chi connectivity index (χ2n) is 5.95.